The smallest absolute Gasteiger partial charge is 0.248 e. The Labute approximate surface area is 202 Å². The van der Waals surface area contributed by atoms with Gasteiger partial charge in [-0.3, -0.25) is 0 Å². The molecule has 0 atom stereocenters. The van der Waals surface area contributed by atoms with Crippen molar-refractivity contribution in [2.24, 2.45) is 5.92 Å². The standard InChI is InChI=1S/C22H27Cl2FN8/c1-15(2)14-31-9-4-10-32(12-11-31)21-16(5-3-8-26-21)13-27-22-28-29-30-33(22)18-7-6-17(25)19(23)20(18)24/h3,5-8,15H,4,9-14H2,1-2H3,(H,27,28,30). The van der Waals surface area contributed by atoms with E-state index in [-0.39, 0.29) is 10.0 Å². The molecule has 0 unspecified atom stereocenters. The molecule has 1 fully saturated rings. The highest BCUT2D eigenvalue weighted by Crippen LogP contribution is 2.31. The maximum atomic E-state index is 13.7. The largest absolute Gasteiger partial charge is 0.355 e. The Morgan fingerprint density at radius 1 is 1.09 bits per heavy atom. The van der Waals surface area contributed by atoms with Crippen LogP contribution in [0.15, 0.2) is 30.5 Å². The van der Waals surface area contributed by atoms with Crippen LogP contribution in [0.3, 0.4) is 0 Å². The van der Waals surface area contributed by atoms with Gasteiger partial charge in [0.05, 0.1) is 15.7 Å². The number of aromatic nitrogens is 5. The summed E-state index contributed by atoms with van der Waals surface area (Å²) in [7, 11) is 0. The molecule has 3 heterocycles. The fraction of sp³-hybridized carbons (Fsp3) is 0.455. The first kappa shape index (κ1) is 23.7. The fourth-order valence-corrected chi connectivity index (χ4v) is 4.44. The molecule has 3 aromatic rings. The minimum atomic E-state index is -0.600. The summed E-state index contributed by atoms with van der Waals surface area (Å²) >= 11 is 12.2. The van der Waals surface area contributed by atoms with Crippen LogP contribution in [0.1, 0.15) is 25.8 Å². The molecule has 8 nitrogen and oxygen atoms in total. The van der Waals surface area contributed by atoms with E-state index in [0.717, 1.165) is 50.5 Å². The number of hydrogen-bond acceptors (Lipinski definition) is 7. The van der Waals surface area contributed by atoms with Gasteiger partial charge >= 0.3 is 0 Å². The normalized spacial score (nSPS) is 15.2. The van der Waals surface area contributed by atoms with E-state index in [1.165, 1.54) is 16.8 Å². The molecule has 0 spiro atoms. The van der Waals surface area contributed by atoms with Crippen molar-refractivity contribution in [3.8, 4) is 5.69 Å². The van der Waals surface area contributed by atoms with Gasteiger partial charge in [-0.1, -0.05) is 48.2 Å². The molecule has 0 aliphatic carbocycles. The first-order valence-electron chi connectivity index (χ1n) is 11.0. The van der Waals surface area contributed by atoms with E-state index in [2.05, 4.69) is 49.5 Å². The van der Waals surface area contributed by atoms with E-state index < -0.39 is 5.82 Å². The number of anilines is 2. The van der Waals surface area contributed by atoms with Crippen molar-refractivity contribution < 1.29 is 4.39 Å². The van der Waals surface area contributed by atoms with E-state index >= 15 is 0 Å². The molecule has 2 aromatic heterocycles. The van der Waals surface area contributed by atoms with Gasteiger partial charge in [0.25, 0.3) is 0 Å². The summed E-state index contributed by atoms with van der Waals surface area (Å²) in [5.41, 5.74) is 1.42. The number of hydrogen-bond donors (Lipinski definition) is 1. The van der Waals surface area contributed by atoms with E-state index in [4.69, 9.17) is 23.2 Å². The number of halogens is 3. The number of benzene rings is 1. The van der Waals surface area contributed by atoms with E-state index in [1.807, 2.05) is 18.3 Å². The van der Waals surface area contributed by atoms with E-state index in [1.54, 1.807) is 0 Å². The van der Waals surface area contributed by atoms with Crippen LogP contribution in [0.5, 0.6) is 0 Å². The Balaban J connectivity index is 1.49. The van der Waals surface area contributed by atoms with Gasteiger partial charge in [0.1, 0.15) is 11.6 Å². The van der Waals surface area contributed by atoms with Crippen LogP contribution in [0.4, 0.5) is 16.2 Å². The Morgan fingerprint density at radius 2 is 1.94 bits per heavy atom. The zero-order valence-electron chi connectivity index (χ0n) is 18.7. The zero-order chi connectivity index (χ0) is 23.4. The third kappa shape index (κ3) is 5.54. The molecule has 1 saturated heterocycles. The molecule has 1 N–H and O–H groups in total. The topological polar surface area (TPSA) is 75.0 Å². The maximum Gasteiger partial charge on any atom is 0.248 e. The number of rotatable bonds is 7. The predicted octanol–water partition coefficient (Wildman–Crippen LogP) is 4.28. The molecule has 1 aliphatic rings. The Hall–Kier alpha value is -2.49. The summed E-state index contributed by atoms with van der Waals surface area (Å²) in [6.07, 6.45) is 2.91. The molecule has 0 saturated carbocycles. The molecular formula is C22H27Cl2FN8. The number of pyridine rings is 1. The summed E-state index contributed by atoms with van der Waals surface area (Å²) < 4.78 is 15.1. The van der Waals surface area contributed by atoms with Crippen LogP contribution >= 0.6 is 23.2 Å². The first-order chi connectivity index (χ1) is 15.9. The van der Waals surface area contributed by atoms with E-state index in [0.29, 0.717) is 24.1 Å². The van der Waals surface area contributed by atoms with Gasteiger partial charge in [0.15, 0.2) is 0 Å². The van der Waals surface area contributed by atoms with Gasteiger partial charge in [0.2, 0.25) is 5.95 Å². The monoisotopic (exact) mass is 492 g/mol. The Morgan fingerprint density at radius 3 is 2.76 bits per heavy atom. The lowest BCUT2D eigenvalue weighted by molar-refractivity contribution is 0.261. The van der Waals surface area contributed by atoms with Gasteiger partial charge in [-0.2, -0.15) is 4.68 Å². The second-order valence-electron chi connectivity index (χ2n) is 8.48. The van der Waals surface area contributed by atoms with Crippen LogP contribution in [0.25, 0.3) is 5.69 Å². The van der Waals surface area contributed by atoms with Crippen LogP contribution in [0.2, 0.25) is 10.0 Å². The van der Waals surface area contributed by atoms with Gasteiger partial charge in [-0.25, -0.2) is 9.37 Å². The van der Waals surface area contributed by atoms with Gasteiger partial charge in [-0.05, 0) is 47.5 Å². The predicted molar refractivity (Wildman–Crippen MR) is 129 cm³/mol. The van der Waals surface area contributed by atoms with Crippen molar-refractivity contribution in [2.75, 3.05) is 42.9 Å². The third-order valence-electron chi connectivity index (χ3n) is 5.53. The summed E-state index contributed by atoms with van der Waals surface area (Å²) in [6, 6.07) is 6.68. The van der Waals surface area contributed by atoms with Gasteiger partial charge in [0, 0.05) is 44.5 Å². The van der Waals surface area contributed by atoms with Crippen molar-refractivity contribution in [3.63, 3.8) is 0 Å². The highest BCUT2D eigenvalue weighted by molar-refractivity contribution is 6.43. The molecule has 4 rings (SSSR count). The second-order valence-corrected chi connectivity index (χ2v) is 9.24. The lowest BCUT2D eigenvalue weighted by Crippen LogP contribution is -2.33. The van der Waals surface area contributed by atoms with Crippen LogP contribution in [-0.2, 0) is 6.54 Å². The molecule has 176 valence electrons. The van der Waals surface area contributed by atoms with Crippen molar-refractivity contribution in [3.05, 3.63) is 51.9 Å². The molecule has 11 heteroatoms. The molecule has 1 aromatic carbocycles. The fourth-order valence-electron chi connectivity index (χ4n) is 4.05. The van der Waals surface area contributed by atoms with Crippen LogP contribution in [0, 0.1) is 11.7 Å². The number of tetrazole rings is 1. The molecular weight excluding hydrogens is 466 g/mol. The number of nitrogens with zero attached hydrogens (tertiary/aromatic N) is 7. The van der Waals surface area contributed by atoms with Gasteiger partial charge < -0.3 is 15.1 Å². The van der Waals surface area contributed by atoms with E-state index in [9.17, 15) is 4.39 Å². The molecule has 0 bridgehead atoms. The maximum absolute atomic E-state index is 13.7. The Kier molecular flexibility index (Phi) is 7.62. The highest BCUT2D eigenvalue weighted by Gasteiger charge is 2.20. The van der Waals surface area contributed by atoms with Crippen molar-refractivity contribution in [1.29, 1.82) is 0 Å². The van der Waals surface area contributed by atoms with Gasteiger partial charge in [-0.15, -0.1) is 0 Å². The third-order valence-corrected chi connectivity index (χ3v) is 6.38. The van der Waals surface area contributed by atoms with Crippen molar-refractivity contribution in [1.82, 2.24) is 30.1 Å². The summed E-state index contributed by atoms with van der Waals surface area (Å²) in [6.45, 7) is 10.1. The summed E-state index contributed by atoms with van der Waals surface area (Å²) in [4.78, 5) is 9.54. The lowest BCUT2D eigenvalue weighted by Gasteiger charge is -2.25. The SMILES string of the molecule is CC(C)CN1CCCN(c2ncccc2CNc2nnnn2-c2ccc(F)c(Cl)c2Cl)CC1. The molecule has 33 heavy (non-hydrogen) atoms. The van der Waals surface area contributed by atoms with Crippen molar-refractivity contribution in [2.45, 2.75) is 26.8 Å². The molecule has 0 radical (unpaired) electrons. The minimum absolute atomic E-state index is 0.0459. The average Bonchev–Trinajstić information content (AvgIpc) is 3.14. The first-order valence-corrected chi connectivity index (χ1v) is 11.8. The molecule has 1 aliphatic heterocycles. The van der Waals surface area contributed by atoms with Crippen LogP contribution in [-0.4, -0.2) is 62.8 Å². The van der Waals surface area contributed by atoms with Crippen LogP contribution < -0.4 is 10.2 Å². The Bertz CT molecular complexity index is 1090. The summed E-state index contributed by atoms with van der Waals surface area (Å²) in [5, 5.41) is 14.9. The van der Waals surface area contributed by atoms with Crippen molar-refractivity contribution >= 4 is 35.0 Å². The minimum Gasteiger partial charge on any atom is -0.355 e. The number of nitrogens with one attached hydrogen (secondary N) is 1. The second kappa shape index (κ2) is 10.6. The lowest BCUT2D eigenvalue weighted by atomic mass is 10.2. The zero-order valence-corrected chi connectivity index (χ0v) is 20.2. The summed E-state index contributed by atoms with van der Waals surface area (Å²) in [5.74, 6) is 1.38. The molecule has 0 amide bonds. The average molecular weight is 493 g/mol. The highest BCUT2D eigenvalue weighted by atomic mass is 35.5. The quantitative estimate of drug-likeness (QED) is 0.493.